The maximum absolute atomic E-state index is 11.8. The first kappa shape index (κ1) is 16.4. The highest BCUT2D eigenvalue weighted by molar-refractivity contribution is 7.86. The van der Waals surface area contributed by atoms with Crippen molar-refractivity contribution in [3.8, 4) is 0 Å². The van der Waals surface area contributed by atoms with E-state index in [9.17, 15) is 14.1 Å². The van der Waals surface area contributed by atoms with Gasteiger partial charge in [-0.05, 0) is 33.6 Å². The highest BCUT2D eigenvalue weighted by Gasteiger charge is 2.31. The Morgan fingerprint density at radius 3 is 2.37 bits per heavy atom. The van der Waals surface area contributed by atoms with Crippen LogP contribution in [0.4, 0.5) is 4.79 Å². The molecule has 19 heavy (non-hydrogen) atoms. The molecule has 0 bridgehead atoms. The van der Waals surface area contributed by atoms with E-state index in [0.29, 0.717) is 18.8 Å². The van der Waals surface area contributed by atoms with Crippen LogP contribution >= 0.6 is 0 Å². The molecule has 0 heterocycles. The molecule has 1 fully saturated rings. The average Bonchev–Trinajstić information content (AvgIpc) is 2.73. The van der Waals surface area contributed by atoms with E-state index in [1.54, 1.807) is 0 Å². The number of amides is 2. The van der Waals surface area contributed by atoms with Gasteiger partial charge in [0.1, 0.15) is 0 Å². The summed E-state index contributed by atoms with van der Waals surface area (Å²) in [6.45, 7) is 6.42. The second kappa shape index (κ2) is 6.70. The molecule has 1 unspecified atom stereocenters. The van der Waals surface area contributed by atoms with E-state index in [1.165, 1.54) is 0 Å². The normalized spacial score (nSPS) is 20.0. The highest BCUT2D eigenvalue weighted by atomic mass is 32.2. The highest BCUT2D eigenvalue weighted by Crippen LogP contribution is 2.28. The SMILES string of the molecule is CC(C)(C)S(=O)CCNC(=O)NCC1(O)CCCC1. The van der Waals surface area contributed by atoms with Crippen LogP contribution in [0, 0.1) is 0 Å². The molecule has 0 radical (unpaired) electrons. The molecule has 0 spiro atoms. The molecular weight excluding hydrogens is 264 g/mol. The number of hydrogen-bond donors (Lipinski definition) is 3. The molecule has 0 aromatic heterocycles. The smallest absolute Gasteiger partial charge is 0.314 e. The topological polar surface area (TPSA) is 78.4 Å². The first-order valence-corrected chi connectivity index (χ1v) is 8.17. The van der Waals surface area contributed by atoms with Gasteiger partial charge in [-0.1, -0.05) is 12.8 Å². The van der Waals surface area contributed by atoms with Gasteiger partial charge in [-0.3, -0.25) is 4.21 Å². The Bertz CT molecular complexity index is 333. The molecular formula is C13H26N2O3S. The summed E-state index contributed by atoms with van der Waals surface area (Å²) in [6, 6.07) is -0.300. The Morgan fingerprint density at radius 1 is 1.26 bits per heavy atom. The summed E-state index contributed by atoms with van der Waals surface area (Å²) < 4.78 is 11.5. The number of aliphatic hydroxyl groups is 1. The zero-order valence-electron chi connectivity index (χ0n) is 12.1. The Balaban J connectivity index is 2.16. The fraction of sp³-hybridized carbons (Fsp3) is 0.923. The van der Waals surface area contributed by atoms with Gasteiger partial charge in [-0.15, -0.1) is 0 Å². The van der Waals surface area contributed by atoms with Crippen LogP contribution in [-0.4, -0.2) is 44.5 Å². The van der Waals surface area contributed by atoms with Crippen LogP contribution in [0.1, 0.15) is 46.5 Å². The number of carbonyl (C=O) groups is 1. The van der Waals surface area contributed by atoms with Gasteiger partial charge >= 0.3 is 6.03 Å². The molecule has 1 atom stereocenters. The van der Waals surface area contributed by atoms with E-state index in [2.05, 4.69) is 10.6 Å². The number of urea groups is 1. The zero-order valence-corrected chi connectivity index (χ0v) is 12.9. The summed E-state index contributed by atoms with van der Waals surface area (Å²) in [7, 11) is -0.960. The van der Waals surface area contributed by atoms with Gasteiger partial charge in [0, 0.05) is 34.4 Å². The predicted octanol–water partition coefficient (Wildman–Crippen LogP) is 1.14. The van der Waals surface area contributed by atoms with E-state index >= 15 is 0 Å². The number of carbonyl (C=O) groups excluding carboxylic acids is 1. The first-order valence-electron chi connectivity index (χ1n) is 6.85. The molecule has 0 aromatic carbocycles. The molecule has 1 rings (SSSR count). The fourth-order valence-corrected chi connectivity index (χ4v) is 2.98. The van der Waals surface area contributed by atoms with Crippen molar-refractivity contribution in [3.63, 3.8) is 0 Å². The Kier molecular flexibility index (Phi) is 5.80. The maximum atomic E-state index is 11.8. The summed E-state index contributed by atoms with van der Waals surface area (Å²) in [4.78, 5) is 11.5. The van der Waals surface area contributed by atoms with Crippen LogP contribution < -0.4 is 10.6 Å². The summed E-state index contributed by atoms with van der Waals surface area (Å²) >= 11 is 0. The number of rotatable bonds is 5. The summed E-state index contributed by atoms with van der Waals surface area (Å²) in [6.07, 6.45) is 3.54. The van der Waals surface area contributed by atoms with Crippen molar-refractivity contribution < 1.29 is 14.1 Å². The zero-order chi connectivity index (χ0) is 14.5. The molecule has 112 valence electrons. The van der Waals surface area contributed by atoms with Crippen LogP contribution in [0.5, 0.6) is 0 Å². The molecule has 1 aliphatic carbocycles. The minimum Gasteiger partial charge on any atom is -0.388 e. The van der Waals surface area contributed by atoms with Crippen LogP contribution in [0.15, 0.2) is 0 Å². The van der Waals surface area contributed by atoms with E-state index in [4.69, 9.17) is 0 Å². The molecule has 5 nitrogen and oxygen atoms in total. The number of hydrogen-bond acceptors (Lipinski definition) is 3. The van der Waals surface area contributed by atoms with Gasteiger partial charge in [-0.25, -0.2) is 4.79 Å². The Hall–Kier alpha value is -0.620. The monoisotopic (exact) mass is 290 g/mol. The van der Waals surface area contributed by atoms with Gasteiger partial charge < -0.3 is 15.7 Å². The standard InChI is InChI=1S/C13H26N2O3S/c1-12(2,3)19(18)9-8-14-11(16)15-10-13(17)6-4-5-7-13/h17H,4-10H2,1-3H3,(H2,14,15,16). The lowest BCUT2D eigenvalue weighted by atomic mass is 10.0. The molecule has 3 N–H and O–H groups in total. The minimum atomic E-state index is -0.960. The fourth-order valence-electron chi connectivity index (χ4n) is 2.08. The van der Waals surface area contributed by atoms with Gasteiger partial charge in [0.25, 0.3) is 0 Å². The second-order valence-corrected chi connectivity index (χ2v) is 8.53. The summed E-state index contributed by atoms with van der Waals surface area (Å²) in [5, 5.41) is 15.4. The van der Waals surface area contributed by atoms with Crippen LogP contribution in [0.2, 0.25) is 0 Å². The molecule has 0 aliphatic heterocycles. The van der Waals surface area contributed by atoms with Gasteiger partial charge in [0.15, 0.2) is 0 Å². The quantitative estimate of drug-likeness (QED) is 0.710. The summed E-state index contributed by atoms with van der Waals surface area (Å²) in [5.41, 5.74) is -0.731. The lowest BCUT2D eigenvalue weighted by Gasteiger charge is -2.22. The molecule has 6 heteroatoms. The van der Waals surface area contributed by atoms with Crippen molar-refractivity contribution in [3.05, 3.63) is 0 Å². The third-order valence-electron chi connectivity index (χ3n) is 3.37. The van der Waals surface area contributed by atoms with Crippen molar-refractivity contribution in [2.75, 3.05) is 18.8 Å². The van der Waals surface area contributed by atoms with Crippen LogP contribution in [0.3, 0.4) is 0 Å². The van der Waals surface area contributed by atoms with E-state index in [1.807, 2.05) is 20.8 Å². The van der Waals surface area contributed by atoms with Gasteiger partial charge in [0.2, 0.25) is 0 Å². The van der Waals surface area contributed by atoms with E-state index < -0.39 is 16.4 Å². The lowest BCUT2D eigenvalue weighted by Crippen LogP contribution is -2.46. The molecule has 0 aromatic rings. The predicted molar refractivity (Wildman–Crippen MR) is 77.6 cm³/mol. The second-order valence-electron chi connectivity index (χ2n) is 6.20. The van der Waals surface area contributed by atoms with Gasteiger partial charge in [0.05, 0.1) is 5.60 Å². The number of nitrogens with one attached hydrogen (secondary N) is 2. The maximum Gasteiger partial charge on any atom is 0.314 e. The molecule has 2 amide bonds. The van der Waals surface area contributed by atoms with Crippen molar-refractivity contribution >= 4 is 16.8 Å². The van der Waals surface area contributed by atoms with E-state index in [0.717, 1.165) is 25.7 Å². The third-order valence-corrected chi connectivity index (χ3v) is 5.31. The van der Waals surface area contributed by atoms with Crippen molar-refractivity contribution in [1.82, 2.24) is 10.6 Å². The Morgan fingerprint density at radius 2 is 1.84 bits per heavy atom. The molecule has 0 saturated heterocycles. The Labute approximate surface area is 118 Å². The largest absolute Gasteiger partial charge is 0.388 e. The van der Waals surface area contributed by atoms with Crippen molar-refractivity contribution in [1.29, 1.82) is 0 Å². The van der Waals surface area contributed by atoms with Gasteiger partial charge in [-0.2, -0.15) is 0 Å². The first-order chi connectivity index (χ1) is 8.73. The van der Waals surface area contributed by atoms with Crippen molar-refractivity contribution in [2.45, 2.75) is 56.8 Å². The van der Waals surface area contributed by atoms with E-state index in [-0.39, 0.29) is 10.8 Å². The van der Waals surface area contributed by atoms with Crippen molar-refractivity contribution in [2.24, 2.45) is 0 Å². The minimum absolute atomic E-state index is 0.253. The lowest BCUT2D eigenvalue weighted by molar-refractivity contribution is 0.0501. The van der Waals surface area contributed by atoms with Crippen LogP contribution in [-0.2, 0) is 10.8 Å². The summed E-state index contributed by atoms with van der Waals surface area (Å²) in [5.74, 6) is 0.446. The molecule has 1 saturated carbocycles. The van der Waals surface area contributed by atoms with Crippen LogP contribution in [0.25, 0.3) is 0 Å². The molecule has 1 aliphatic rings. The third kappa shape index (κ3) is 5.91. The average molecular weight is 290 g/mol.